The van der Waals surface area contributed by atoms with Crippen LogP contribution in [0, 0.1) is 0 Å². The molecule has 0 bridgehead atoms. The standard InChI is InChI=1S/3C2H8N2.3ClH.Cr.H2O/c3*3-1-2-4;;;;;/h3*1-4H2;3*1H;;1H2/q;;;;;;+3;/p-3. The summed E-state index contributed by atoms with van der Waals surface area (Å²) in [5, 5.41) is 0. The molecule has 0 heterocycles. The topological polar surface area (TPSA) is 188 Å². The molecular weight excluding hydrogens is 330 g/mol. The van der Waals surface area contributed by atoms with Crippen LogP contribution in [0.2, 0.25) is 0 Å². The first-order valence-corrected chi connectivity index (χ1v) is 9.68. The first-order chi connectivity index (χ1) is 7.47. The zero-order valence-electron chi connectivity index (χ0n) is 9.75. The third kappa shape index (κ3) is 230. The molecule has 0 aromatic carbocycles. The third-order valence-electron chi connectivity index (χ3n) is 0.500. The van der Waals surface area contributed by atoms with Gasteiger partial charge in [0.15, 0.2) is 0 Å². The number of halogens is 3. The average Bonchev–Trinajstić information content (AvgIpc) is 2.28. The molecule has 0 aliphatic heterocycles. The normalized spacial score (nSPS) is 7.41. The molecule has 0 aliphatic rings. The Kier molecular flexibility index (Phi) is 78.8. The van der Waals surface area contributed by atoms with Crippen molar-refractivity contribution in [2.24, 2.45) is 34.4 Å². The summed E-state index contributed by atoms with van der Waals surface area (Å²) in [5.74, 6) is 0. The molecule has 0 spiro atoms. The van der Waals surface area contributed by atoms with Gasteiger partial charge in [-0.05, 0) is 0 Å². The number of nitrogens with two attached hydrogens (primary N) is 6. The molecule has 0 unspecified atom stereocenters. The summed E-state index contributed by atoms with van der Waals surface area (Å²) in [6, 6.07) is 0. The Morgan fingerprint density at radius 2 is 0.588 bits per heavy atom. The van der Waals surface area contributed by atoms with E-state index < -0.39 is 11.4 Å². The first kappa shape index (κ1) is 30.9. The summed E-state index contributed by atoms with van der Waals surface area (Å²) in [6.45, 7) is 3.58. The fourth-order valence-corrected chi connectivity index (χ4v) is 0. The minimum absolute atomic E-state index is 0. The van der Waals surface area contributed by atoms with Crippen LogP contribution in [0.4, 0.5) is 0 Å². The molecule has 0 amide bonds. The zero-order valence-corrected chi connectivity index (χ0v) is 13.3. The van der Waals surface area contributed by atoms with Gasteiger partial charge in [0.05, 0.1) is 0 Å². The third-order valence-corrected chi connectivity index (χ3v) is 0.500. The van der Waals surface area contributed by atoms with E-state index in [1.54, 1.807) is 0 Å². The fraction of sp³-hybridized carbons (Fsp3) is 1.00. The summed E-state index contributed by atoms with van der Waals surface area (Å²) in [5.41, 5.74) is 29.4. The molecule has 0 fully saturated rings. The van der Waals surface area contributed by atoms with Crippen LogP contribution in [-0.4, -0.2) is 44.7 Å². The monoisotopic (exact) mass is 355 g/mol. The predicted octanol–water partition coefficient (Wildman–Crippen LogP) is -2.05. The van der Waals surface area contributed by atoms with Gasteiger partial charge in [-0.2, -0.15) is 0 Å². The van der Waals surface area contributed by atoms with Crippen molar-refractivity contribution >= 4 is 30.1 Å². The number of hydrogen-bond donors (Lipinski definition) is 6. The summed E-state index contributed by atoms with van der Waals surface area (Å²) >= 11 is -1.62. The van der Waals surface area contributed by atoms with E-state index in [9.17, 15) is 0 Å². The maximum absolute atomic E-state index is 4.93. The van der Waals surface area contributed by atoms with Crippen LogP contribution in [0.3, 0.4) is 0 Å². The van der Waals surface area contributed by atoms with Gasteiger partial charge in [-0.15, -0.1) is 0 Å². The van der Waals surface area contributed by atoms with Crippen molar-refractivity contribution in [1.82, 2.24) is 0 Å². The fourth-order valence-electron chi connectivity index (χ4n) is 0. The van der Waals surface area contributed by atoms with Gasteiger partial charge >= 0.3 is 41.5 Å². The van der Waals surface area contributed by atoms with Gasteiger partial charge < -0.3 is 39.9 Å². The molecule has 0 radical (unpaired) electrons. The Morgan fingerprint density at radius 1 is 0.529 bits per heavy atom. The molecule has 0 atom stereocenters. The van der Waals surface area contributed by atoms with E-state index in [0.29, 0.717) is 39.3 Å². The number of hydrogen-bond acceptors (Lipinski definition) is 6. The summed E-state index contributed by atoms with van der Waals surface area (Å²) in [6.07, 6.45) is 0. The SMILES string of the molecule is NCCN.NCCN.NCCN.O.[Cl][Cr]([Cl])[Cl]. The van der Waals surface area contributed by atoms with Gasteiger partial charge in [-0.1, -0.05) is 0 Å². The second-order valence-corrected chi connectivity index (χ2v) is 8.22. The van der Waals surface area contributed by atoms with Crippen LogP contribution in [0.1, 0.15) is 0 Å². The van der Waals surface area contributed by atoms with Crippen LogP contribution in [0.25, 0.3) is 0 Å². The molecule has 0 aliphatic carbocycles. The molecule has 7 nitrogen and oxygen atoms in total. The van der Waals surface area contributed by atoms with E-state index in [0.717, 1.165) is 0 Å². The Bertz CT molecular complexity index is 70.5. The van der Waals surface area contributed by atoms with Gasteiger partial charge in [0.1, 0.15) is 0 Å². The maximum atomic E-state index is 4.93. The Hall–Kier alpha value is 1.12. The van der Waals surface area contributed by atoms with Crippen molar-refractivity contribution in [1.29, 1.82) is 0 Å². The van der Waals surface area contributed by atoms with E-state index in [1.165, 1.54) is 0 Å². The van der Waals surface area contributed by atoms with Crippen LogP contribution >= 0.6 is 30.1 Å². The Labute approximate surface area is 120 Å². The van der Waals surface area contributed by atoms with Crippen molar-refractivity contribution in [3.63, 3.8) is 0 Å². The van der Waals surface area contributed by atoms with Gasteiger partial charge in [0, 0.05) is 39.3 Å². The Morgan fingerprint density at radius 3 is 0.588 bits per heavy atom. The Balaban J connectivity index is -0.0000000369. The molecule has 0 rings (SSSR count). The minimum atomic E-state index is -1.62. The molecule has 0 aromatic heterocycles. The van der Waals surface area contributed by atoms with Crippen molar-refractivity contribution in [2.75, 3.05) is 39.3 Å². The van der Waals surface area contributed by atoms with Crippen LogP contribution in [0.15, 0.2) is 0 Å². The quantitative estimate of drug-likeness (QED) is 0.337. The summed E-state index contributed by atoms with van der Waals surface area (Å²) in [7, 11) is 14.8. The zero-order chi connectivity index (χ0) is 13.8. The molecular formula is C6H26Cl3CrN6O. The second kappa shape index (κ2) is 43.4. The number of rotatable bonds is 3. The van der Waals surface area contributed by atoms with E-state index in [2.05, 4.69) is 0 Å². The van der Waals surface area contributed by atoms with Gasteiger partial charge in [-0.25, -0.2) is 0 Å². The molecule has 11 heteroatoms. The molecule has 0 saturated heterocycles. The summed E-state index contributed by atoms with van der Waals surface area (Å²) in [4.78, 5) is 0. The van der Waals surface area contributed by atoms with Crippen molar-refractivity contribution in [2.45, 2.75) is 0 Å². The molecule has 14 N–H and O–H groups in total. The molecule has 0 saturated carbocycles. The molecule has 17 heavy (non-hydrogen) atoms. The van der Waals surface area contributed by atoms with E-state index in [4.69, 9.17) is 64.5 Å². The van der Waals surface area contributed by atoms with E-state index in [-0.39, 0.29) is 5.48 Å². The van der Waals surface area contributed by atoms with Crippen molar-refractivity contribution in [3.8, 4) is 0 Å². The van der Waals surface area contributed by atoms with Gasteiger partial charge in [0.25, 0.3) is 0 Å². The predicted molar refractivity (Wildman–Crippen MR) is 75.5 cm³/mol. The molecule has 113 valence electrons. The van der Waals surface area contributed by atoms with Crippen molar-refractivity contribution < 1.29 is 16.9 Å². The van der Waals surface area contributed by atoms with Crippen LogP contribution in [0.5, 0.6) is 0 Å². The van der Waals surface area contributed by atoms with Crippen LogP contribution < -0.4 is 34.4 Å². The van der Waals surface area contributed by atoms with E-state index >= 15 is 0 Å². The first-order valence-electron chi connectivity index (χ1n) is 4.41. The van der Waals surface area contributed by atoms with Crippen LogP contribution in [-0.2, 0) is 11.4 Å². The average molecular weight is 357 g/mol. The molecule has 0 aromatic rings. The van der Waals surface area contributed by atoms with E-state index in [1.807, 2.05) is 0 Å². The second-order valence-electron chi connectivity index (χ2n) is 1.91. The van der Waals surface area contributed by atoms with Crippen molar-refractivity contribution in [3.05, 3.63) is 0 Å². The van der Waals surface area contributed by atoms with Gasteiger partial charge in [0.2, 0.25) is 0 Å². The summed E-state index contributed by atoms with van der Waals surface area (Å²) < 4.78 is 0. The van der Waals surface area contributed by atoms with Gasteiger partial charge in [-0.3, -0.25) is 0 Å².